The summed E-state index contributed by atoms with van der Waals surface area (Å²) in [6.45, 7) is 5.27. The third-order valence-electron chi connectivity index (χ3n) is 3.16. The second kappa shape index (κ2) is 9.78. The molecule has 0 aliphatic rings. The minimum absolute atomic E-state index is 0.0368. The quantitative estimate of drug-likeness (QED) is 0.385. The van der Waals surface area contributed by atoms with Crippen molar-refractivity contribution in [3.63, 3.8) is 0 Å². The molecule has 0 N–H and O–H groups in total. The largest absolute Gasteiger partial charge is 0.469 e. The summed E-state index contributed by atoms with van der Waals surface area (Å²) < 4.78 is 9.91. The molecule has 1 unspecified atom stereocenters. The molecule has 0 heterocycles. The summed E-state index contributed by atoms with van der Waals surface area (Å²) in [4.78, 5) is 40.7. The van der Waals surface area contributed by atoms with Crippen LogP contribution in [-0.4, -0.2) is 42.2 Å². The van der Waals surface area contributed by atoms with Crippen molar-refractivity contribution in [2.75, 3.05) is 7.11 Å². The summed E-state index contributed by atoms with van der Waals surface area (Å²) in [5, 5.41) is 0.893. The van der Waals surface area contributed by atoms with Crippen LogP contribution < -0.4 is 0 Å². The zero-order valence-electron chi connectivity index (χ0n) is 15.1. The molecule has 0 radical (unpaired) electrons. The van der Waals surface area contributed by atoms with Crippen LogP contribution >= 0.6 is 0 Å². The highest BCUT2D eigenvalue weighted by molar-refractivity contribution is 5.79. The lowest BCUT2D eigenvalue weighted by Crippen LogP contribution is -2.44. The third kappa shape index (κ3) is 7.80. The Labute approximate surface area is 147 Å². The number of amides is 1. The van der Waals surface area contributed by atoms with Crippen molar-refractivity contribution in [2.45, 2.75) is 51.9 Å². The number of hydroxylamine groups is 2. The maximum atomic E-state index is 12.4. The van der Waals surface area contributed by atoms with Crippen LogP contribution in [-0.2, 0) is 35.3 Å². The standard InChI is InChI=1S/C18H25NO6/c1-18(2,3)25-17(22)15(10-11-16(21)23-4)19(13-20)24-12-14-8-6-5-7-9-14/h5-9,13,15H,10-12H2,1-4H3. The van der Waals surface area contributed by atoms with Crippen LogP contribution in [0.25, 0.3) is 0 Å². The fourth-order valence-electron chi connectivity index (χ4n) is 1.99. The summed E-state index contributed by atoms with van der Waals surface area (Å²) >= 11 is 0. The van der Waals surface area contributed by atoms with Gasteiger partial charge in [-0.15, -0.1) is 0 Å². The van der Waals surface area contributed by atoms with Gasteiger partial charge in [0.05, 0.1) is 7.11 Å². The summed E-state index contributed by atoms with van der Waals surface area (Å²) in [6.07, 6.45) is 0.406. The van der Waals surface area contributed by atoms with E-state index in [1.54, 1.807) is 20.8 Å². The summed E-state index contributed by atoms with van der Waals surface area (Å²) in [5.74, 6) is -1.13. The number of carbonyl (C=O) groups excluding carboxylic acids is 3. The van der Waals surface area contributed by atoms with E-state index in [4.69, 9.17) is 9.57 Å². The molecule has 0 aliphatic heterocycles. The van der Waals surface area contributed by atoms with E-state index in [1.807, 2.05) is 30.3 Å². The van der Waals surface area contributed by atoms with E-state index in [1.165, 1.54) is 7.11 Å². The number of rotatable bonds is 9. The van der Waals surface area contributed by atoms with Gasteiger partial charge in [-0.05, 0) is 32.8 Å². The Morgan fingerprint density at radius 2 is 1.84 bits per heavy atom. The normalized spacial score (nSPS) is 12.2. The first-order valence-corrected chi connectivity index (χ1v) is 7.97. The van der Waals surface area contributed by atoms with Gasteiger partial charge in [-0.1, -0.05) is 30.3 Å². The molecular formula is C18H25NO6. The fourth-order valence-corrected chi connectivity index (χ4v) is 1.99. The van der Waals surface area contributed by atoms with Gasteiger partial charge in [-0.3, -0.25) is 14.4 Å². The van der Waals surface area contributed by atoms with Crippen LogP contribution in [0, 0.1) is 0 Å². The molecule has 1 amide bonds. The van der Waals surface area contributed by atoms with E-state index in [0.29, 0.717) is 6.41 Å². The van der Waals surface area contributed by atoms with Gasteiger partial charge < -0.3 is 9.47 Å². The zero-order valence-corrected chi connectivity index (χ0v) is 15.1. The Morgan fingerprint density at radius 3 is 2.36 bits per heavy atom. The van der Waals surface area contributed by atoms with E-state index >= 15 is 0 Å². The van der Waals surface area contributed by atoms with Crippen LogP contribution in [0.4, 0.5) is 0 Å². The van der Waals surface area contributed by atoms with Crippen LogP contribution in [0.2, 0.25) is 0 Å². The molecular weight excluding hydrogens is 326 g/mol. The molecule has 1 rings (SSSR count). The predicted octanol–water partition coefficient (Wildman–Crippen LogP) is 2.24. The molecule has 1 aromatic rings. The first-order chi connectivity index (χ1) is 11.8. The average molecular weight is 351 g/mol. The van der Waals surface area contributed by atoms with E-state index < -0.39 is 23.6 Å². The van der Waals surface area contributed by atoms with Gasteiger partial charge in [0.1, 0.15) is 12.2 Å². The Hall–Kier alpha value is -2.41. The molecule has 7 nitrogen and oxygen atoms in total. The number of esters is 2. The number of nitrogens with zero attached hydrogens (tertiary/aromatic N) is 1. The molecule has 0 saturated carbocycles. The maximum Gasteiger partial charge on any atom is 0.332 e. The number of benzene rings is 1. The van der Waals surface area contributed by atoms with E-state index in [9.17, 15) is 14.4 Å². The van der Waals surface area contributed by atoms with Crippen molar-refractivity contribution >= 4 is 18.3 Å². The Kier molecular flexibility index (Phi) is 8.07. The third-order valence-corrected chi connectivity index (χ3v) is 3.16. The lowest BCUT2D eigenvalue weighted by Gasteiger charge is -2.29. The number of methoxy groups -OCH3 is 1. The minimum atomic E-state index is -1.04. The van der Waals surface area contributed by atoms with Crippen molar-refractivity contribution in [3.05, 3.63) is 35.9 Å². The molecule has 0 fully saturated rings. The van der Waals surface area contributed by atoms with Crippen molar-refractivity contribution in [2.24, 2.45) is 0 Å². The second-order valence-corrected chi connectivity index (χ2v) is 6.39. The fraction of sp³-hybridized carbons (Fsp3) is 0.500. The molecule has 7 heteroatoms. The summed E-state index contributed by atoms with van der Waals surface area (Å²) in [7, 11) is 1.26. The molecule has 0 bridgehead atoms. The summed E-state index contributed by atoms with van der Waals surface area (Å²) in [6, 6.07) is 8.17. The lowest BCUT2D eigenvalue weighted by atomic mass is 10.1. The highest BCUT2D eigenvalue weighted by Crippen LogP contribution is 2.16. The Morgan fingerprint density at radius 1 is 1.20 bits per heavy atom. The smallest absolute Gasteiger partial charge is 0.332 e. The van der Waals surface area contributed by atoms with Crippen molar-refractivity contribution in [1.29, 1.82) is 0 Å². The van der Waals surface area contributed by atoms with Gasteiger partial charge in [0.25, 0.3) is 0 Å². The zero-order chi connectivity index (χ0) is 18.9. The van der Waals surface area contributed by atoms with Crippen LogP contribution in [0.5, 0.6) is 0 Å². The minimum Gasteiger partial charge on any atom is -0.469 e. The van der Waals surface area contributed by atoms with Crippen molar-refractivity contribution in [3.8, 4) is 0 Å². The van der Waals surface area contributed by atoms with Gasteiger partial charge in [0.15, 0.2) is 6.04 Å². The molecule has 138 valence electrons. The molecule has 0 aliphatic carbocycles. The van der Waals surface area contributed by atoms with Crippen LogP contribution in [0.15, 0.2) is 30.3 Å². The van der Waals surface area contributed by atoms with E-state index in [0.717, 1.165) is 10.6 Å². The maximum absolute atomic E-state index is 12.4. The molecule has 0 aromatic heterocycles. The molecule has 1 atom stereocenters. The second-order valence-electron chi connectivity index (χ2n) is 6.39. The average Bonchev–Trinajstić information content (AvgIpc) is 2.56. The highest BCUT2D eigenvalue weighted by atomic mass is 16.7. The van der Waals surface area contributed by atoms with Gasteiger partial charge in [0, 0.05) is 6.42 Å². The highest BCUT2D eigenvalue weighted by Gasteiger charge is 2.31. The number of hydrogen-bond acceptors (Lipinski definition) is 6. The lowest BCUT2D eigenvalue weighted by molar-refractivity contribution is -0.208. The van der Waals surface area contributed by atoms with Crippen LogP contribution in [0.1, 0.15) is 39.2 Å². The molecule has 25 heavy (non-hydrogen) atoms. The first-order valence-electron chi connectivity index (χ1n) is 7.97. The molecule has 1 aromatic carbocycles. The number of hydrogen-bond donors (Lipinski definition) is 0. The monoisotopic (exact) mass is 351 g/mol. The van der Waals surface area contributed by atoms with Crippen molar-refractivity contribution < 1.29 is 28.7 Å². The number of ether oxygens (including phenoxy) is 2. The molecule has 0 spiro atoms. The summed E-state index contributed by atoms with van der Waals surface area (Å²) in [5.41, 5.74) is 0.111. The van der Waals surface area contributed by atoms with Crippen LogP contribution in [0.3, 0.4) is 0 Å². The van der Waals surface area contributed by atoms with E-state index in [2.05, 4.69) is 4.74 Å². The Bertz CT molecular complexity index is 567. The topological polar surface area (TPSA) is 82.1 Å². The van der Waals surface area contributed by atoms with E-state index in [-0.39, 0.29) is 19.4 Å². The Balaban J connectivity index is 2.82. The SMILES string of the molecule is COC(=O)CCC(C(=O)OC(C)(C)C)N(C=O)OCc1ccccc1. The van der Waals surface area contributed by atoms with Gasteiger partial charge >= 0.3 is 11.9 Å². The predicted molar refractivity (Wildman–Crippen MR) is 90.0 cm³/mol. The molecule has 0 saturated heterocycles. The van der Waals surface area contributed by atoms with Gasteiger partial charge in [-0.25, -0.2) is 9.86 Å². The van der Waals surface area contributed by atoms with Gasteiger partial charge in [-0.2, -0.15) is 0 Å². The first kappa shape index (κ1) is 20.6. The van der Waals surface area contributed by atoms with Crippen molar-refractivity contribution in [1.82, 2.24) is 5.06 Å². The number of carbonyl (C=O) groups is 3. The van der Waals surface area contributed by atoms with Gasteiger partial charge in [0.2, 0.25) is 6.41 Å².